The van der Waals surface area contributed by atoms with Crippen molar-refractivity contribution in [1.82, 2.24) is 5.32 Å². The third-order valence-corrected chi connectivity index (χ3v) is 3.81. The molecule has 0 heterocycles. The van der Waals surface area contributed by atoms with Gasteiger partial charge >= 0.3 is 0 Å². The fraction of sp³-hybridized carbons (Fsp3) is 0.917. The van der Waals surface area contributed by atoms with Crippen LogP contribution in [0.15, 0.2) is 0 Å². The van der Waals surface area contributed by atoms with Crippen molar-refractivity contribution in [2.75, 3.05) is 12.4 Å². The molecular weight excluding hydrogens is 236 g/mol. The monoisotopic (exact) mass is 262 g/mol. The van der Waals surface area contributed by atoms with Crippen LogP contribution in [-0.4, -0.2) is 40.2 Å². The maximum Gasteiger partial charge on any atom is 0.237 e. The van der Waals surface area contributed by atoms with Gasteiger partial charge in [-0.25, -0.2) is 0 Å². The Morgan fingerprint density at radius 2 is 2.06 bits per heavy atom. The van der Waals surface area contributed by atoms with E-state index in [9.17, 15) is 4.79 Å². The summed E-state index contributed by atoms with van der Waals surface area (Å²) in [6.07, 6.45) is 1.50. The number of rotatable bonds is 9. The SMILES string of the molecule is CC(C)NC(C)(CC(C)SCCCO)C(N)=O. The lowest BCUT2D eigenvalue weighted by molar-refractivity contribution is -0.124. The average molecular weight is 262 g/mol. The van der Waals surface area contributed by atoms with E-state index in [4.69, 9.17) is 10.8 Å². The lowest BCUT2D eigenvalue weighted by Gasteiger charge is -2.32. The van der Waals surface area contributed by atoms with Gasteiger partial charge < -0.3 is 16.2 Å². The van der Waals surface area contributed by atoms with Gasteiger partial charge in [0.1, 0.15) is 0 Å². The first-order valence-corrected chi connectivity index (χ1v) is 7.16. The molecule has 0 spiro atoms. The van der Waals surface area contributed by atoms with E-state index in [1.807, 2.05) is 20.8 Å². The van der Waals surface area contributed by atoms with Crippen LogP contribution in [0.3, 0.4) is 0 Å². The van der Waals surface area contributed by atoms with E-state index in [1.54, 1.807) is 11.8 Å². The Hall–Kier alpha value is -0.260. The minimum absolute atomic E-state index is 0.219. The molecule has 4 nitrogen and oxygen atoms in total. The molecule has 5 heteroatoms. The first-order chi connectivity index (χ1) is 7.81. The minimum atomic E-state index is -0.653. The molecule has 0 aromatic rings. The molecule has 0 fully saturated rings. The summed E-state index contributed by atoms with van der Waals surface area (Å²) in [5.74, 6) is 0.606. The van der Waals surface area contributed by atoms with Gasteiger partial charge in [0.05, 0.1) is 5.54 Å². The summed E-state index contributed by atoms with van der Waals surface area (Å²) in [4.78, 5) is 11.5. The van der Waals surface area contributed by atoms with E-state index < -0.39 is 5.54 Å². The maximum absolute atomic E-state index is 11.5. The first-order valence-electron chi connectivity index (χ1n) is 6.12. The van der Waals surface area contributed by atoms with Crippen LogP contribution in [0.2, 0.25) is 0 Å². The number of carbonyl (C=O) groups excluding carboxylic acids is 1. The Bertz CT molecular complexity index is 237. The van der Waals surface area contributed by atoms with Crippen LogP contribution in [0.5, 0.6) is 0 Å². The molecule has 102 valence electrons. The first kappa shape index (κ1) is 16.7. The van der Waals surface area contributed by atoms with Crippen molar-refractivity contribution in [3.63, 3.8) is 0 Å². The Balaban J connectivity index is 4.28. The van der Waals surface area contributed by atoms with E-state index in [2.05, 4.69) is 12.2 Å². The van der Waals surface area contributed by atoms with Crippen LogP contribution in [0, 0.1) is 0 Å². The summed E-state index contributed by atoms with van der Waals surface area (Å²) in [6, 6.07) is 0.224. The number of nitrogens with one attached hydrogen (secondary N) is 1. The number of amides is 1. The summed E-state index contributed by atoms with van der Waals surface area (Å²) in [7, 11) is 0. The smallest absolute Gasteiger partial charge is 0.237 e. The Morgan fingerprint density at radius 1 is 1.47 bits per heavy atom. The fourth-order valence-electron chi connectivity index (χ4n) is 1.85. The molecule has 0 aliphatic rings. The molecule has 0 bridgehead atoms. The summed E-state index contributed by atoms with van der Waals surface area (Å²) >= 11 is 1.76. The number of nitrogens with two attached hydrogens (primary N) is 1. The van der Waals surface area contributed by atoms with Crippen molar-refractivity contribution in [3.8, 4) is 0 Å². The number of hydrogen-bond donors (Lipinski definition) is 3. The predicted octanol–water partition coefficient (Wildman–Crippen LogP) is 1.12. The lowest BCUT2D eigenvalue weighted by atomic mass is 9.94. The summed E-state index contributed by atoms with van der Waals surface area (Å²) in [6.45, 7) is 8.18. The number of thioether (sulfide) groups is 1. The molecule has 4 N–H and O–H groups in total. The molecule has 0 aliphatic carbocycles. The van der Waals surface area contributed by atoms with Gasteiger partial charge in [-0.15, -0.1) is 0 Å². The van der Waals surface area contributed by atoms with Crippen molar-refractivity contribution in [3.05, 3.63) is 0 Å². The summed E-state index contributed by atoms with van der Waals surface area (Å²) in [5.41, 5.74) is 4.82. The van der Waals surface area contributed by atoms with Crippen LogP contribution in [0.25, 0.3) is 0 Å². The Kier molecular flexibility index (Phi) is 7.83. The Labute approximate surface area is 109 Å². The predicted molar refractivity (Wildman–Crippen MR) is 74.1 cm³/mol. The summed E-state index contributed by atoms with van der Waals surface area (Å²) in [5, 5.41) is 12.3. The largest absolute Gasteiger partial charge is 0.396 e. The van der Waals surface area contributed by atoms with Crippen LogP contribution in [-0.2, 0) is 4.79 Å². The standard InChI is InChI=1S/C12H26N2O2S/c1-9(2)14-12(4,11(13)16)8-10(3)17-7-5-6-15/h9-10,14-15H,5-8H2,1-4H3,(H2,13,16). The van der Waals surface area contributed by atoms with E-state index in [-0.39, 0.29) is 18.6 Å². The molecule has 2 unspecified atom stereocenters. The van der Waals surface area contributed by atoms with Gasteiger partial charge in [-0.3, -0.25) is 4.79 Å². The zero-order valence-corrected chi connectivity index (χ0v) is 12.1. The van der Waals surface area contributed by atoms with E-state index in [0.29, 0.717) is 11.7 Å². The maximum atomic E-state index is 11.5. The third kappa shape index (κ3) is 6.91. The highest BCUT2D eigenvalue weighted by atomic mass is 32.2. The molecule has 0 aromatic heterocycles. The van der Waals surface area contributed by atoms with Gasteiger partial charge in [-0.05, 0) is 39.4 Å². The normalized spacial score (nSPS) is 16.8. The van der Waals surface area contributed by atoms with Crippen molar-refractivity contribution in [2.24, 2.45) is 5.73 Å². The van der Waals surface area contributed by atoms with Crippen LogP contribution in [0.1, 0.15) is 40.5 Å². The number of aliphatic hydroxyl groups excluding tert-OH is 1. The average Bonchev–Trinajstić information content (AvgIpc) is 2.16. The quantitative estimate of drug-likeness (QED) is 0.544. The highest BCUT2D eigenvalue weighted by molar-refractivity contribution is 7.99. The molecule has 2 atom stereocenters. The molecule has 0 aliphatic heterocycles. The lowest BCUT2D eigenvalue weighted by Crippen LogP contribution is -2.56. The molecule has 17 heavy (non-hydrogen) atoms. The molecule has 0 rings (SSSR count). The van der Waals surface area contributed by atoms with Gasteiger partial charge in [0.15, 0.2) is 0 Å². The van der Waals surface area contributed by atoms with Crippen molar-refractivity contribution in [1.29, 1.82) is 0 Å². The number of hydrogen-bond acceptors (Lipinski definition) is 4. The molecule has 1 amide bonds. The molecular formula is C12H26N2O2S. The van der Waals surface area contributed by atoms with Gasteiger partial charge in [0.25, 0.3) is 0 Å². The highest BCUT2D eigenvalue weighted by Crippen LogP contribution is 2.22. The van der Waals surface area contributed by atoms with Gasteiger partial charge in [0, 0.05) is 17.9 Å². The Morgan fingerprint density at radius 3 is 2.47 bits per heavy atom. The van der Waals surface area contributed by atoms with Crippen LogP contribution in [0.4, 0.5) is 0 Å². The zero-order chi connectivity index (χ0) is 13.5. The van der Waals surface area contributed by atoms with Crippen LogP contribution < -0.4 is 11.1 Å². The third-order valence-electron chi connectivity index (χ3n) is 2.55. The van der Waals surface area contributed by atoms with E-state index in [0.717, 1.165) is 12.2 Å². The highest BCUT2D eigenvalue weighted by Gasteiger charge is 2.33. The summed E-state index contributed by atoms with van der Waals surface area (Å²) < 4.78 is 0. The second-order valence-corrected chi connectivity index (χ2v) is 6.50. The molecule has 0 radical (unpaired) electrons. The zero-order valence-electron chi connectivity index (χ0n) is 11.3. The molecule has 0 aromatic carbocycles. The fourth-order valence-corrected chi connectivity index (χ4v) is 3.00. The van der Waals surface area contributed by atoms with Crippen molar-refractivity contribution in [2.45, 2.75) is 57.4 Å². The molecule has 0 saturated heterocycles. The second kappa shape index (κ2) is 7.95. The minimum Gasteiger partial charge on any atom is -0.396 e. The topological polar surface area (TPSA) is 75.3 Å². The van der Waals surface area contributed by atoms with E-state index in [1.165, 1.54) is 0 Å². The molecule has 0 saturated carbocycles. The second-order valence-electron chi connectivity index (χ2n) is 4.96. The van der Waals surface area contributed by atoms with Crippen LogP contribution >= 0.6 is 11.8 Å². The number of primary amides is 1. The van der Waals surface area contributed by atoms with Crippen molar-refractivity contribution < 1.29 is 9.90 Å². The number of carbonyl (C=O) groups is 1. The van der Waals surface area contributed by atoms with Gasteiger partial charge in [0.2, 0.25) is 5.91 Å². The van der Waals surface area contributed by atoms with Crippen molar-refractivity contribution >= 4 is 17.7 Å². The number of aliphatic hydroxyl groups is 1. The van der Waals surface area contributed by atoms with Gasteiger partial charge in [-0.1, -0.05) is 6.92 Å². The van der Waals surface area contributed by atoms with Gasteiger partial charge in [-0.2, -0.15) is 11.8 Å². The van der Waals surface area contributed by atoms with E-state index >= 15 is 0 Å².